The number of nitrogens with zero attached hydrogens (tertiary/aromatic N) is 4. The van der Waals surface area contributed by atoms with Crippen LogP contribution in [0.1, 0.15) is 32.4 Å². The number of thiazole rings is 1. The lowest BCUT2D eigenvalue weighted by atomic mass is 9.83. The average molecular weight is 573 g/mol. The van der Waals surface area contributed by atoms with Gasteiger partial charge in [-0.15, -0.1) is 11.3 Å². The number of nitrogens with two attached hydrogens (primary N) is 2. The maximum absolute atomic E-state index is 13.2. The predicted octanol–water partition coefficient (Wildman–Crippen LogP) is -0.171. The number of β-lactam (4-membered cyclic amide) rings is 1. The maximum Gasteiger partial charge on any atom is 0.352 e. The number of aliphatic carboxylic acids is 2. The number of hydrogen-bond donors (Lipinski definition) is 6. The summed E-state index contributed by atoms with van der Waals surface area (Å²) < 4.78 is 0. The van der Waals surface area contributed by atoms with Crippen molar-refractivity contribution in [1.29, 1.82) is 5.41 Å². The number of amidine groups is 1. The lowest BCUT2D eigenvalue weighted by molar-refractivity contribution is -0.161. The molecule has 0 saturated carbocycles. The molecule has 3 aliphatic rings. The van der Waals surface area contributed by atoms with E-state index >= 15 is 0 Å². The summed E-state index contributed by atoms with van der Waals surface area (Å²) in [5, 5.41) is 34.8. The monoisotopic (exact) mass is 572 g/mol. The number of oxime groups is 1. The average Bonchev–Trinajstić information content (AvgIpc) is 3.32. The molecule has 2 atom stereocenters. The molecule has 16 heteroatoms. The Bertz CT molecular complexity index is 1410. The normalized spacial score (nSPS) is 20.9. The van der Waals surface area contributed by atoms with Gasteiger partial charge >= 0.3 is 11.9 Å². The first-order valence-corrected chi connectivity index (χ1v) is 12.9. The highest BCUT2D eigenvalue weighted by molar-refractivity contribution is 7.13. The van der Waals surface area contributed by atoms with Gasteiger partial charge in [-0.3, -0.25) is 19.9 Å². The molecule has 0 radical (unpaired) electrons. The number of nitrogen functional groups attached to an aromatic ring is 1. The topological polar surface area (TPSA) is 238 Å². The molecule has 0 aromatic carbocycles. The van der Waals surface area contributed by atoms with E-state index in [1.807, 2.05) is 0 Å². The molecule has 0 bridgehead atoms. The van der Waals surface area contributed by atoms with E-state index < -0.39 is 41.4 Å². The molecule has 1 aromatic rings. The summed E-state index contributed by atoms with van der Waals surface area (Å²) in [5.74, 6) is -4.15. The number of hydrogen-bond acceptors (Lipinski definition) is 11. The van der Waals surface area contributed by atoms with E-state index in [9.17, 15) is 29.4 Å². The minimum Gasteiger partial charge on any atom is -0.478 e. The van der Waals surface area contributed by atoms with Gasteiger partial charge < -0.3 is 36.7 Å². The lowest BCUT2D eigenvalue weighted by Gasteiger charge is -2.50. The summed E-state index contributed by atoms with van der Waals surface area (Å²) in [6.45, 7) is 3.03. The van der Waals surface area contributed by atoms with Crippen LogP contribution in [-0.2, 0) is 24.0 Å². The van der Waals surface area contributed by atoms with Crippen molar-refractivity contribution in [3.8, 4) is 0 Å². The van der Waals surface area contributed by atoms with Crippen LogP contribution in [0.15, 0.2) is 45.7 Å². The minimum absolute atomic E-state index is 0.0236. The molecule has 1 saturated heterocycles. The number of carboxylic acid groups (broad SMARTS) is 2. The Hall–Kier alpha value is -4.73. The van der Waals surface area contributed by atoms with E-state index in [0.717, 1.165) is 11.3 Å². The van der Waals surface area contributed by atoms with Crippen LogP contribution in [0.2, 0.25) is 0 Å². The third kappa shape index (κ3) is 5.51. The molecular formula is C24H28N8O7S. The number of amides is 2. The van der Waals surface area contributed by atoms with E-state index in [4.69, 9.17) is 21.7 Å². The zero-order chi connectivity index (χ0) is 29.4. The molecule has 15 nitrogen and oxygen atoms in total. The number of carbonyl (C=O) groups is 4. The molecule has 0 spiro atoms. The molecule has 1 unspecified atom stereocenters. The summed E-state index contributed by atoms with van der Waals surface area (Å²) in [6.07, 6.45) is 5.91. The molecule has 3 aliphatic heterocycles. The van der Waals surface area contributed by atoms with E-state index in [1.165, 1.54) is 24.1 Å². The number of rotatable bonds is 10. The Morgan fingerprint density at radius 2 is 2.08 bits per heavy atom. The van der Waals surface area contributed by atoms with Gasteiger partial charge in [0.1, 0.15) is 23.3 Å². The van der Waals surface area contributed by atoms with Crippen molar-refractivity contribution in [2.24, 2.45) is 10.9 Å². The van der Waals surface area contributed by atoms with Crippen molar-refractivity contribution in [2.45, 2.75) is 44.4 Å². The fourth-order valence-electron chi connectivity index (χ4n) is 4.44. The Labute approximate surface area is 232 Å². The molecule has 8 N–H and O–H groups in total. The van der Waals surface area contributed by atoms with Crippen molar-refractivity contribution < 1.29 is 34.2 Å². The molecular weight excluding hydrogens is 544 g/mol. The van der Waals surface area contributed by atoms with Crippen LogP contribution in [0.5, 0.6) is 0 Å². The summed E-state index contributed by atoms with van der Waals surface area (Å²) in [7, 11) is 0. The summed E-state index contributed by atoms with van der Waals surface area (Å²) in [4.78, 5) is 62.1. The van der Waals surface area contributed by atoms with Crippen LogP contribution in [0, 0.1) is 5.41 Å². The SMILES string of the molecule is CC(C)(O/N=C(\C(=O)N[C@@H]1C(=O)N2C(C(=O)O)=C(CN3C=CC=C(C(=N)N)C3)CCC12)c1csc(N)n1)C(=O)O. The van der Waals surface area contributed by atoms with Crippen LogP contribution in [0.4, 0.5) is 5.13 Å². The second-order valence-corrected chi connectivity index (χ2v) is 10.7. The van der Waals surface area contributed by atoms with E-state index in [2.05, 4.69) is 15.5 Å². The van der Waals surface area contributed by atoms with Gasteiger partial charge in [-0.1, -0.05) is 11.2 Å². The summed E-state index contributed by atoms with van der Waals surface area (Å²) in [5.41, 5.74) is 10.1. The third-order valence-corrected chi connectivity index (χ3v) is 7.27. The van der Waals surface area contributed by atoms with Gasteiger partial charge in [0.25, 0.3) is 11.8 Å². The maximum atomic E-state index is 13.2. The quantitative estimate of drug-likeness (QED) is 0.0931. The summed E-state index contributed by atoms with van der Waals surface area (Å²) >= 11 is 1.02. The number of aromatic nitrogens is 1. The van der Waals surface area contributed by atoms with Crippen molar-refractivity contribution in [3.63, 3.8) is 0 Å². The molecule has 2 amide bonds. The zero-order valence-corrected chi connectivity index (χ0v) is 22.4. The Morgan fingerprint density at radius 3 is 2.67 bits per heavy atom. The standard InChI is InChI=1S/C24H28N8O7S/c1-24(2,22(37)38)39-30-15(13-10-40-23(27)28-13)19(33)29-16-14-6-5-11(17(21(35)36)32(14)20(16)34)8-31-7-3-4-12(9-31)18(25)26/h3-4,7,10,14,16H,5-6,8-9H2,1-2H3,(H3,25,26)(H2,27,28)(H,29,33)(H,35,36)(H,37,38)/b30-15-/t14?,16-/m0/s1. The van der Waals surface area contributed by atoms with Crippen molar-refractivity contribution in [2.75, 3.05) is 18.8 Å². The highest BCUT2D eigenvalue weighted by atomic mass is 32.1. The van der Waals surface area contributed by atoms with Crippen molar-refractivity contribution in [1.82, 2.24) is 20.1 Å². The van der Waals surface area contributed by atoms with Gasteiger partial charge in [0, 0.05) is 24.0 Å². The van der Waals surface area contributed by atoms with Crippen molar-refractivity contribution in [3.05, 3.63) is 46.3 Å². The Kier molecular flexibility index (Phi) is 7.63. The highest BCUT2D eigenvalue weighted by Gasteiger charge is 2.53. The first kappa shape index (κ1) is 28.3. The third-order valence-electron chi connectivity index (χ3n) is 6.59. The lowest BCUT2D eigenvalue weighted by Crippen LogP contribution is -2.72. The second-order valence-electron chi connectivity index (χ2n) is 9.79. The number of allylic oxidation sites excluding steroid dienone is 2. The number of fused-ring (bicyclic) bond motifs is 1. The minimum atomic E-state index is -1.76. The fourth-order valence-corrected chi connectivity index (χ4v) is 4.98. The molecule has 212 valence electrons. The molecule has 1 aromatic heterocycles. The molecule has 4 heterocycles. The van der Waals surface area contributed by atoms with Crippen LogP contribution in [0.3, 0.4) is 0 Å². The van der Waals surface area contributed by atoms with Gasteiger partial charge in [0.15, 0.2) is 10.8 Å². The van der Waals surface area contributed by atoms with Crippen LogP contribution >= 0.6 is 11.3 Å². The van der Waals surface area contributed by atoms with Crippen molar-refractivity contribution >= 4 is 51.8 Å². The smallest absolute Gasteiger partial charge is 0.352 e. The van der Waals surface area contributed by atoms with E-state index in [1.54, 1.807) is 23.3 Å². The number of anilines is 1. The molecule has 1 fully saturated rings. The molecule has 0 aliphatic carbocycles. The second kappa shape index (κ2) is 10.8. The zero-order valence-electron chi connectivity index (χ0n) is 21.6. The number of nitrogens with one attached hydrogen (secondary N) is 2. The van der Waals surface area contributed by atoms with Gasteiger partial charge in [0.05, 0.1) is 6.04 Å². The Balaban J connectivity index is 1.52. The predicted molar refractivity (Wildman–Crippen MR) is 143 cm³/mol. The first-order valence-electron chi connectivity index (χ1n) is 12.1. The van der Waals surface area contributed by atoms with Crippen LogP contribution < -0.4 is 16.8 Å². The number of carbonyl (C=O) groups excluding carboxylic acids is 2. The van der Waals surface area contributed by atoms with Gasteiger partial charge in [0.2, 0.25) is 5.60 Å². The number of carboxylic acids is 2. The van der Waals surface area contributed by atoms with Gasteiger partial charge in [-0.25, -0.2) is 14.6 Å². The summed E-state index contributed by atoms with van der Waals surface area (Å²) in [6, 6.07) is -1.66. The van der Waals surface area contributed by atoms with E-state index in [0.29, 0.717) is 30.5 Å². The van der Waals surface area contributed by atoms with E-state index in [-0.39, 0.29) is 34.6 Å². The van der Waals surface area contributed by atoms with Crippen LogP contribution in [-0.4, -0.2) is 91.1 Å². The fraction of sp³-hybridized carbons (Fsp3) is 0.375. The Morgan fingerprint density at radius 1 is 1.35 bits per heavy atom. The largest absolute Gasteiger partial charge is 0.478 e. The first-order chi connectivity index (χ1) is 18.8. The van der Waals surface area contributed by atoms with Crippen LogP contribution in [0.25, 0.3) is 0 Å². The van der Waals surface area contributed by atoms with Gasteiger partial charge in [-0.05, 0) is 44.5 Å². The molecule has 4 rings (SSSR count). The highest BCUT2D eigenvalue weighted by Crippen LogP contribution is 2.37. The van der Waals surface area contributed by atoms with Gasteiger partial charge in [-0.2, -0.15) is 0 Å². The molecule has 40 heavy (non-hydrogen) atoms.